The van der Waals surface area contributed by atoms with E-state index in [9.17, 15) is 4.79 Å². The van der Waals surface area contributed by atoms with Crippen molar-refractivity contribution in [3.05, 3.63) is 49.1 Å². The van der Waals surface area contributed by atoms with E-state index < -0.39 is 5.97 Å². The van der Waals surface area contributed by atoms with Crippen LogP contribution < -0.4 is 9.47 Å². The molecular formula is C21H26O6. The molecular weight excluding hydrogens is 348 g/mol. The Morgan fingerprint density at radius 2 is 1.41 bits per heavy atom. The summed E-state index contributed by atoms with van der Waals surface area (Å²) in [5.74, 6) is 1.22. The molecule has 2 aromatic rings. The van der Waals surface area contributed by atoms with Gasteiger partial charge in [0.1, 0.15) is 24.7 Å². The lowest BCUT2D eigenvalue weighted by atomic mass is 10.1. The summed E-state index contributed by atoms with van der Waals surface area (Å²) in [5.41, 5.74) is 0. The van der Waals surface area contributed by atoms with Crippen molar-refractivity contribution in [3.8, 4) is 11.5 Å². The fourth-order valence-corrected chi connectivity index (χ4v) is 2.35. The molecule has 6 nitrogen and oxygen atoms in total. The Morgan fingerprint density at radius 1 is 0.852 bits per heavy atom. The number of fused-ring (bicyclic) bond motifs is 1. The standard InChI is InChI=1S/C21H26O6/c1-3-21(22)27-14-12-24-10-9-23-11-13-26-20-8-6-17-15-19(25-4-2)7-5-18(17)16-20/h3,5-8,15-16H,1,4,9-14H2,2H3. The van der Waals surface area contributed by atoms with Gasteiger partial charge in [0.05, 0.1) is 33.0 Å². The second kappa shape index (κ2) is 11.9. The van der Waals surface area contributed by atoms with E-state index in [1.54, 1.807) is 0 Å². The van der Waals surface area contributed by atoms with Gasteiger partial charge in [-0.3, -0.25) is 0 Å². The van der Waals surface area contributed by atoms with Crippen LogP contribution in [0.15, 0.2) is 49.1 Å². The zero-order valence-electron chi connectivity index (χ0n) is 15.6. The highest BCUT2D eigenvalue weighted by atomic mass is 16.6. The highest BCUT2D eigenvalue weighted by Gasteiger charge is 2.01. The molecule has 0 radical (unpaired) electrons. The average molecular weight is 374 g/mol. The first-order valence-electron chi connectivity index (χ1n) is 8.97. The molecule has 2 aromatic carbocycles. The monoisotopic (exact) mass is 374 g/mol. The second-order valence-electron chi connectivity index (χ2n) is 5.55. The minimum Gasteiger partial charge on any atom is -0.494 e. The third kappa shape index (κ3) is 7.68. The van der Waals surface area contributed by atoms with Crippen molar-refractivity contribution in [1.82, 2.24) is 0 Å². The Kier molecular flexibility index (Phi) is 9.17. The van der Waals surface area contributed by atoms with Gasteiger partial charge < -0.3 is 23.7 Å². The van der Waals surface area contributed by atoms with Crippen molar-refractivity contribution in [1.29, 1.82) is 0 Å². The summed E-state index contributed by atoms with van der Waals surface area (Å²) in [6.07, 6.45) is 1.12. The van der Waals surface area contributed by atoms with E-state index in [-0.39, 0.29) is 6.61 Å². The zero-order chi connectivity index (χ0) is 19.3. The van der Waals surface area contributed by atoms with Crippen LogP contribution in [0.3, 0.4) is 0 Å². The number of carbonyl (C=O) groups excluding carboxylic acids is 1. The molecule has 0 aliphatic carbocycles. The van der Waals surface area contributed by atoms with Crippen molar-refractivity contribution < 1.29 is 28.5 Å². The van der Waals surface area contributed by atoms with Gasteiger partial charge in [-0.15, -0.1) is 0 Å². The summed E-state index contributed by atoms with van der Waals surface area (Å²) in [5, 5.41) is 2.21. The quantitative estimate of drug-likeness (QED) is 0.304. The minimum atomic E-state index is -0.449. The highest BCUT2D eigenvalue weighted by molar-refractivity contribution is 5.85. The van der Waals surface area contributed by atoms with Gasteiger partial charge in [0.2, 0.25) is 0 Å². The Bertz CT molecular complexity index is 728. The third-order valence-corrected chi connectivity index (χ3v) is 3.60. The van der Waals surface area contributed by atoms with E-state index in [1.807, 2.05) is 43.3 Å². The molecule has 0 saturated heterocycles. The lowest BCUT2D eigenvalue weighted by Gasteiger charge is -2.09. The maximum Gasteiger partial charge on any atom is 0.330 e. The fraction of sp³-hybridized carbons (Fsp3) is 0.381. The normalized spacial score (nSPS) is 10.6. The first-order valence-corrected chi connectivity index (χ1v) is 8.97. The smallest absolute Gasteiger partial charge is 0.330 e. The molecule has 0 spiro atoms. The maximum absolute atomic E-state index is 10.8. The molecule has 0 aliphatic rings. The van der Waals surface area contributed by atoms with E-state index in [0.717, 1.165) is 28.3 Å². The molecule has 0 heterocycles. The molecule has 27 heavy (non-hydrogen) atoms. The van der Waals surface area contributed by atoms with E-state index in [4.69, 9.17) is 23.7 Å². The first kappa shape index (κ1) is 20.7. The predicted molar refractivity (Wildman–Crippen MR) is 103 cm³/mol. The van der Waals surface area contributed by atoms with Crippen LogP contribution in [-0.4, -0.2) is 52.2 Å². The van der Waals surface area contributed by atoms with Crippen LogP contribution in [0.2, 0.25) is 0 Å². The molecule has 0 unspecified atom stereocenters. The van der Waals surface area contributed by atoms with Gasteiger partial charge in [-0.05, 0) is 42.0 Å². The number of carbonyl (C=O) groups is 1. The van der Waals surface area contributed by atoms with Crippen molar-refractivity contribution in [3.63, 3.8) is 0 Å². The SMILES string of the molecule is C=CC(=O)OCCOCCOCCOc1ccc2cc(OCC)ccc2c1. The molecule has 0 atom stereocenters. The number of ether oxygens (including phenoxy) is 5. The molecule has 0 aliphatic heterocycles. The maximum atomic E-state index is 10.8. The zero-order valence-corrected chi connectivity index (χ0v) is 15.6. The first-order chi connectivity index (χ1) is 13.2. The summed E-state index contributed by atoms with van der Waals surface area (Å²) < 4.78 is 26.7. The molecule has 0 fully saturated rings. The van der Waals surface area contributed by atoms with Crippen molar-refractivity contribution in [2.45, 2.75) is 6.92 Å². The molecule has 0 aromatic heterocycles. The number of benzene rings is 2. The summed E-state index contributed by atoms with van der Waals surface area (Å²) >= 11 is 0. The summed E-state index contributed by atoms with van der Waals surface area (Å²) in [4.78, 5) is 10.8. The molecule has 146 valence electrons. The molecule has 0 bridgehead atoms. The van der Waals surface area contributed by atoms with Crippen LogP contribution in [0.4, 0.5) is 0 Å². The summed E-state index contributed by atoms with van der Waals surface area (Å²) in [6, 6.07) is 11.9. The Balaban J connectivity index is 1.58. The van der Waals surface area contributed by atoms with E-state index in [2.05, 4.69) is 6.58 Å². The van der Waals surface area contributed by atoms with Crippen molar-refractivity contribution in [2.24, 2.45) is 0 Å². The fourth-order valence-electron chi connectivity index (χ4n) is 2.35. The van der Waals surface area contributed by atoms with Gasteiger partial charge in [0.25, 0.3) is 0 Å². The van der Waals surface area contributed by atoms with Crippen LogP contribution in [0, 0.1) is 0 Å². The molecule has 0 amide bonds. The van der Waals surface area contributed by atoms with Crippen LogP contribution in [0.25, 0.3) is 10.8 Å². The van der Waals surface area contributed by atoms with Gasteiger partial charge in [0, 0.05) is 6.08 Å². The lowest BCUT2D eigenvalue weighted by molar-refractivity contribution is -0.139. The molecule has 0 N–H and O–H groups in total. The Hall–Kier alpha value is -2.57. The molecule has 0 saturated carbocycles. The topological polar surface area (TPSA) is 63.2 Å². The van der Waals surface area contributed by atoms with Crippen LogP contribution in [0.5, 0.6) is 11.5 Å². The number of hydrogen-bond donors (Lipinski definition) is 0. The largest absolute Gasteiger partial charge is 0.494 e. The van der Waals surface area contributed by atoms with Gasteiger partial charge in [-0.1, -0.05) is 18.7 Å². The lowest BCUT2D eigenvalue weighted by Crippen LogP contribution is -2.13. The minimum absolute atomic E-state index is 0.210. The number of hydrogen-bond acceptors (Lipinski definition) is 6. The van der Waals surface area contributed by atoms with E-state index >= 15 is 0 Å². The van der Waals surface area contributed by atoms with Crippen molar-refractivity contribution >= 4 is 16.7 Å². The summed E-state index contributed by atoms with van der Waals surface area (Å²) in [7, 11) is 0. The second-order valence-corrected chi connectivity index (χ2v) is 5.55. The van der Waals surface area contributed by atoms with Gasteiger partial charge in [-0.25, -0.2) is 4.79 Å². The molecule has 2 rings (SSSR count). The van der Waals surface area contributed by atoms with Gasteiger partial charge >= 0.3 is 5.97 Å². The van der Waals surface area contributed by atoms with Gasteiger partial charge in [-0.2, -0.15) is 0 Å². The Labute approximate surface area is 159 Å². The van der Waals surface area contributed by atoms with Crippen LogP contribution in [0.1, 0.15) is 6.92 Å². The number of rotatable bonds is 13. The third-order valence-electron chi connectivity index (χ3n) is 3.60. The highest BCUT2D eigenvalue weighted by Crippen LogP contribution is 2.25. The van der Waals surface area contributed by atoms with Crippen molar-refractivity contribution in [2.75, 3.05) is 46.2 Å². The number of esters is 1. The van der Waals surface area contributed by atoms with Crippen LogP contribution >= 0.6 is 0 Å². The summed E-state index contributed by atoms with van der Waals surface area (Å²) in [6.45, 7) is 8.29. The average Bonchev–Trinajstić information content (AvgIpc) is 2.69. The van der Waals surface area contributed by atoms with Gasteiger partial charge in [0.15, 0.2) is 0 Å². The van der Waals surface area contributed by atoms with E-state index in [1.165, 1.54) is 0 Å². The predicted octanol–water partition coefficient (Wildman–Crippen LogP) is 3.38. The van der Waals surface area contributed by atoms with E-state index in [0.29, 0.717) is 39.6 Å². The van der Waals surface area contributed by atoms with Crippen LogP contribution in [-0.2, 0) is 19.0 Å². The Morgan fingerprint density at radius 3 is 2.00 bits per heavy atom. The molecule has 6 heteroatoms.